The molecule has 0 radical (unpaired) electrons. The molecule has 1 aromatic rings. The summed E-state index contributed by atoms with van der Waals surface area (Å²) in [4.78, 5) is 17.3. The van der Waals surface area contributed by atoms with Gasteiger partial charge in [0.25, 0.3) is 0 Å². The Labute approximate surface area is 89.1 Å². The summed E-state index contributed by atoms with van der Waals surface area (Å²) in [6.45, 7) is 2.01. The topological polar surface area (TPSA) is 59.2 Å². The highest BCUT2D eigenvalue weighted by Crippen LogP contribution is 2.31. The van der Waals surface area contributed by atoms with Crippen molar-refractivity contribution in [3.05, 3.63) is 29.6 Å². The molecular weight excluding hydrogens is 190 g/mol. The van der Waals surface area contributed by atoms with E-state index in [1.54, 1.807) is 24.3 Å². The Kier molecular flexibility index (Phi) is 2.44. The molecule has 0 bridgehead atoms. The van der Waals surface area contributed by atoms with Gasteiger partial charge in [-0.05, 0) is 24.1 Å². The van der Waals surface area contributed by atoms with E-state index in [4.69, 9.17) is 5.73 Å². The number of carbonyl (C=O) groups excluding carboxylic acids is 1. The maximum atomic E-state index is 11.5. The summed E-state index contributed by atoms with van der Waals surface area (Å²) in [5.41, 5.74) is 8.16. The van der Waals surface area contributed by atoms with Gasteiger partial charge in [-0.25, -0.2) is 0 Å². The third kappa shape index (κ3) is 1.61. The van der Waals surface area contributed by atoms with Gasteiger partial charge in [0.15, 0.2) is 0 Å². The van der Waals surface area contributed by atoms with Crippen molar-refractivity contribution in [3.63, 3.8) is 0 Å². The number of hydrogen-bond acceptors (Lipinski definition) is 3. The second-order valence-corrected chi connectivity index (χ2v) is 4.05. The number of carbonyl (C=O) groups is 1. The van der Waals surface area contributed by atoms with Crippen molar-refractivity contribution in [2.75, 3.05) is 7.05 Å². The van der Waals surface area contributed by atoms with Crippen molar-refractivity contribution in [2.45, 2.75) is 25.4 Å². The molecule has 4 nitrogen and oxygen atoms in total. The summed E-state index contributed by atoms with van der Waals surface area (Å²) in [5, 5.41) is 0. The third-order valence-electron chi connectivity index (χ3n) is 3.02. The molecule has 2 N–H and O–H groups in total. The maximum Gasteiger partial charge on any atom is 0.224 e. The summed E-state index contributed by atoms with van der Waals surface area (Å²) < 4.78 is 0. The van der Waals surface area contributed by atoms with Crippen LogP contribution >= 0.6 is 0 Å². The average Bonchev–Trinajstić information content (AvgIpc) is 2.43. The van der Waals surface area contributed by atoms with E-state index in [1.165, 1.54) is 0 Å². The molecule has 1 aliphatic rings. The van der Waals surface area contributed by atoms with E-state index in [0.717, 1.165) is 11.1 Å². The predicted octanol–water partition coefficient (Wildman–Crippen LogP) is 0.621. The van der Waals surface area contributed by atoms with Crippen LogP contribution in [0.1, 0.15) is 23.6 Å². The fraction of sp³-hybridized carbons (Fsp3) is 0.455. The standard InChI is InChI=1S/C11H15N3O/c1-7-3-4-13-6-8(7)11-9(12)5-10(15)14(11)2/h3-4,6,9,11H,5,12H2,1-2H3. The highest BCUT2D eigenvalue weighted by molar-refractivity contribution is 5.80. The molecule has 4 heteroatoms. The first-order chi connectivity index (χ1) is 7.11. The van der Waals surface area contributed by atoms with E-state index in [2.05, 4.69) is 4.98 Å². The van der Waals surface area contributed by atoms with Crippen molar-refractivity contribution in [1.29, 1.82) is 0 Å². The Morgan fingerprint density at radius 1 is 1.60 bits per heavy atom. The van der Waals surface area contributed by atoms with Crippen LogP contribution in [0, 0.1) is 6.92 Å². The lowest BCUT2D eigenvalue weighted by Gasteiger charge is -2.24. The number of nitrogens with zero attached hydrogens (tertiary/aromatic N) is 2. The predicted molar refractivity (Wildman–Crippen MR) is 57.1 cm³/mol. The first kappa shape index (κ1) is 10.1. The van der Waals surface area contributed by atoms with Gasteiger partial charge in [-0.3, -0.25) is 9.78 Å². The van der Waals surface area contributed by atoms with Crippen molar-refractivity contribution in [2.24, 2.45) is 5.73 Å². The Morgan fingerprint density at radius 2 is 2.33 bits per heavy atom. The number of likely N-dealkylation sites (tertiary alicyclic amines) is 1. The van der Waals surface area contributed by atoms with Crippen molar-refractivity contribution < 1.29 is 4.79 Å². The highest BCUT2D eigenvalue weighted by Gasteiger charge is 2.36. The van der Waals surface area contributed by atoms with Crippen molar-refractivity contribution >= 4 is 5.91 Å². The molecule has 0 spiro atoms. The molecule has 1 amide bonds. The molecule has 0 saturated carbocycles. The van der Waals surface area contributed by atoms with Gasteiger partial charge in [0, 0.05) is 31.9 Å². The summed E-state index contributed by atoms with van der Waals surface area (Å²) in [6.07, 6.45) is 3.98. The summed E-state index contributed by atoms with van der Waals surface area (Å²) in [7, 11) is 1.80. The second-order valence-electron chi connectivity index (χ2n) is 4.05. The Bertz CT molecular complexity index is 391. The molecule has 1 aliphatic heterocycles. The van der Waals surface area contributed by atoms with Crippen molar-refractivity contribution in [1.82, 2.24) is 9.88 Å². The van der Waals surface area contributed by atoms with Crippen LogP contribution < -0.4 is 5.73 Å². The number of hydrogen-bond donors (Lipinski definition) is 1. The third-order valence-corrected chi connectivity index (χ3v) is 3.02. The van der Waals surface area contributed by atoms with Crippen LogP contribution in [0.5, 0.6) is 0 Å². The quantitative estimate of drug-likeness (QED) is 0.731. The van der Waals surface area contributed by atoms with Gasteiger partial charge in [-0.15, -0.1) is 0 Å². The molecule has 2 unspecified atom stereocenters. The van der Waals surface area contributed by atoms with Crippen LogP contribution in [-0.2, 0) is 4.79 Å². The zero-order valence-corrected chi connectivity index (χ0v) is 8.97. The molecular formula is C11H15N3O. The molecule has 1 saturated heterocycles. The number of aryl methyl sites for hydroxylation is 1. The molecule has 2 rings (SSSR count). The monoisotopic (exact) mass is 205 g/mol. The van der Waals surface area contributed by atoms with Gasteiger partial charge in [0.2, 0.25) is 5.91 Å². The minimum Gasteiger partial charge on any atom is -0.337 e. The van der Waals surface area contributed by atoms with Gasteiger partial charge in [-0.1, -0.05) is 0 Å². The van der Waals surface area contributed by atoms with E-state index < -0.39 is 0 Å². The smallest absolute Gasteiger partial charge is 0.224 e. The second kappa shape index (κ2) is 3.62. The molecule has 2 heterocycles. The molecule has 80 valence electrons. The number of likely N-dealkylation sites (N-methyl/N-ethyl adjacent to an activating group) is 1. The molecule has 1 aromatic heterocycles. The van der Waals surface area contributed by atoms with Crippen LogP contribution in [0.3, 0.4) is 0 Å². The van der Waals surface area contributed by atoms with Crippen LogP contribution in [-0.4, -0.2) is 28.9 Å². The van der Waals surface area contributed by atoms with Crippen molar-refractivity contribution in [3.8, 4) is 0 Å². The fourth-order valence-corrected chi connectivity index (χ4v) is 2.12. The van der Waals surface area contributed by atoms with Crippen LogP contribution in [0.15, 0.2) is 18.5 Å². The van der Waals surface area contributed by atoms with Crippen LogP contribution in [0.4, 0.5) is 0 Å². The lowest BCUT2D eigenvalue weighted by Crippen LogP contribution is -2.30. The van der Waals surface area contributed by atoms with Gasteiger partial charge in [0.05, 0.1) is 6.04 Å². The molecule has 2 atom stereocenters. The number of amides is 1. The molecule has 1 fully saturated rings. The van der Waals surface area contributed by atoms with E-state index in [-0.39, 0.29) is 18.0 Å². The van der Waals surface area contributed by atoms with Gasteiger partial charge < -0.3 is 10.6 Å². The van der Waals surface area contributed by atoms with Crippen LogP contribution in [0.2, 0.25) is 0 Å². The van der Waals surface area contributed by atoms with E-state index in [0.29, 0.717) is 6.42 Å². The summed E-state index contributed by atoms with van der Waals surface area (Å²) >= 11 is 0. The molecule has 15 heavy (non-hydrogen) atoms. The first-order valence-electron chi connectivity index (χ1n) is 5.03. The van der Waals surface area contributed by atoms with E-state index in [9.17, 15) is 4.79 Å². The normalized spacial score (nSPS) is 26.1. The number of aromatic nitrogens is 1. The maximum absolute atomic E-state index is 11.5. The molecule has 0 aromatic carbocycles. The van der Waals surface area contributed by atoms with E-state index in [1.807, 2.05) is 13.0 Å². The largest absolute Gasteiger partial charge is 0.337 e. The number of pyridine rings is 1. The number of nitrogens with two attached hydrogens (primary N) is 1. The van der Waals surface area contributed by atoms with Gasteiger partial charge in [0.1, 0.15) is 0 Å². The van der Waals surface area contributed by atoms with E-state index >= 15 is 0 Å². The van der Waals surface area contributed by atoms with Crippen LogP contribution in [0.25, 0.3) is 0 Å². The number of rotatable bonds is 1. The Morgan fingerprint density at radius 3 is 2.87 bits per heavy atom. The SMILES string of the molecule is Cc1ccncc1C1C(N)CC(=O)N1C. The summed E-state index contributed by atoms with van der Waals surface area (Å²) in [5.74, 6) is 0.107. The Hall–Kier alpha value is -1.42. The summed E-state index contributed by atoms with van der Waals surface area (Å²) in [6, 6.07) is 1.80. The zero-order chi connectivity index (χ0) is 11.0. The minimum atomic E-state index is -0.120. The highest BCUT2D eigenvalue weighted by atomic mass is 16.2. The zero-order valence-electron chi connectivity index (χ0n) is 8.97. The lowest BCUT2D eigenvalue weighted by atomic mass is 9.99. The fourth-order valence-electron chi connectivity index (χ4n) is 2.12. The molecule has 0 aliphatic carbocycles. The van der Waals surface area contributed by atoms with Gasteiger partial charge in [-0.2, -0.15) is 0 Å². The van der Waals surface area contributed by atoms with Gasteiger partial charge >= 0.3 is 0 Å². The average molecular weight is 205 g/mol. The lowest BCUT2D eigenvalue weighted by molar-refractivity contribution is -0.127. The Balaban J connectivity index is 2.39. The first-order valence-corrected chi connectivity index (χ1v) is 5.03. The minimum absolute atomic E-state index is 0.0220.